The van der Waals surface area contributed by atoms with Gasteiger partial charge in [0, 0.05) is 18.2 Å². The summed E-state index contributed by atoms with van der Waals surface area (Å²) in [6.45, 7) is 5.22. The monoisotopic (exact) mass is 491 g/mol. The number of hydrogen-bond donors (Lipinski definition) is 1. The molecule has 1 heterocycles. The second-order valence-electron chi connectivity index (χ2n) is 9.13. The number of rotatable bonds is 4. The predicted octanol–water partition coefficient (Wildman–Crippen LogP) is 6.01. The van der Waals surface area contributed by atoms with Crippen molar-refractivity contribution in [1.82, 2.24) is 0 Å². The minimum atomic E-state index is -0.882. The molecule has 37 heavy (non-hydrogen) atoms. The molecule has 184 valence electrons. The summed E-state index contributed by atoms with van der Waals surface area (Å²) >= 11 is 0. The Balaban J connectivity index is 1.74. The normalized spacial score (nSPS) is 16.8. The second-order valence-corrected chi connectivity index (χ2v) is 9.13. The maximum Gasteiger partial charge on any atom is 0.308 e. The molecule has 6 nitrogen and oxygen atoms in total. The number of ketones is 1. The first kappa shape index (κ1) is 24.0. The van der Waals surface area contributed by atoms with Crippen molar-refractivity contribution in [2.75, 3.05) is 4.90 Å². The van der Waals surface area contributed by atoms with Crippen LogP contribution in [0.5, 0.6) is 5.75 Å². The van der Waals surface area contributed by atoms with Crippen molar-refractivity contribution in [2.24, 2.45) is 0 Å². The molecule has 0 bridgehead atoms. The van der Waals surface area contributed by atoms with Crippen LogP contribution in [0.25, 0.3) is 16.5 Å². The van der Waals surface area contributed by atoms with Crippen LogP contribution in [0.3, 0.4) is 0 Å². The average Bonchev–Trinajstić information content (AvgIpc) is 3.15. The van der Waals surface area contributed by atoms with Crippen molar-refractivity contribution in [1.29, 1.82) is 0 Å². The highest BCUT2D eigenvalue weighted by atomic mass is 16.5. The number of nitrogens with zero attached hydrogens (tertiary/aromatic N) is 1. The molecule has 0 aliphatic carbocycles. The molecule has 1 atom stereocenters. The van der Waals surface area contributed by atoms with Crippen LogP contribution in [-0.4, -0.2) is 22.8 Å². The van der Waals surface area contributed by atoms with Crippen molar-refractivity contribution >= 4 is 39.9 Å². The van der Waals surface area contributed by atoms with Crippen LogP contribution in [0.2, 0.25) is 0 Å². The van der Waals surface area contributed by atoms with E-state index < -0.39 is 23.7 Å². The SMILES string of the molecule is CC(=O)Oc1ccc(C2/C(=C(/O)c3cccc4ccccc34)C(=O)C(=O)N2c2ccc(C)c(C)c2)cc1. The summed E-state index contributed by atoms with van der Waals surface area (Å²) in [5.74, 6) is -1.84. The number of aliphatic hydroxyl groups excluding tert-OH is 1. The molecule has 0 spiro atoms. The molecular formula is C31H25NO5. The van der Waals surface area contributed by atoms with E-state index in [1.807, 2.05) is 56.3 Å². The Morgan fingerprint density at radius 1 is 0.865 bits per heavy atom. The van der Waals surface area contributed by atoms with Gasteiger partial charge in [-0.15, -0.1) is 0 Å². The van der Waals surface area contributed by atoms with E-state index >= 15 is 0 Å². The average molecular weight is 492 g/mol. The molecule has 1 saturated heterocycles. The Hall–Kier alpha value is -4.71. The number of aliphatic hydroxyl groups is 1. The molecule has 0 saturated carbocycles. The zero-order valence-corrected chi connectivity index (χ0v) is 20.7. The molecule has 1 aliphatic heterocycles. The third-order valence-electron chi connectivity index (χ3n) is 6.72. The number of carbonyl (C=O) groups excluding carboxylic acids is 3. The first-order valence-electron chi connectivity index (χ1n) is 11.9. The third kappa shape index (κ3) is 4.27. The van der Waals surface area contributed by atoms with E-state index in [1.54, 1.807) is 42.5 Å². The Morgan fingerprint density at radius 2 is 1.57 bits per heavy atom. The summed E-state index contributed by atoms with van der Waals surface area (Å²) in [6.07, 6.45) is 0. The highest BCUT2D eigenvalue weighted by Crippen LogP contribution is 2.43. The maximum atomic E-state index is 13.5. The van der Waals surface area contributed by atoms with Crippen LogP contribution in [0.4, 0.5) is 5.69 Å². The Morgan fingerprint density at radius 3 is 2.27 bits per heavy atom. The molecule has 5 rings (SSSR count). The number of amides is 1. The van der Waals surface area contributed by atoms with E-state index in [2.05, 4.69) is 0 Å². The van der Waals surface area contributed by atoms with E-state index in [0.29, 0.717) is 22.6 Å². The lowest BCUT2D eigenvalue weighted by molar-refractivity contribution is -0.132. The van der Waals surface area contributed by atoms with Gasteiger partial charge in [-0.25, -0.2) is 0 Å². The fraction of sp³-hybridized carbons (Fsp3) is 0.129. The number of hydrogen-bond acceptors (Lipinski definition) is 5. The Bertz CT molecular complexity index is 1590. The number of esters is 1. The first-order chi connectivity index (χ1) is 17.8. The van der Waals surface area contributed by atoms with Gasteiger partial charge in [0.15, 0.2) is 0 Å². The van der Waals surface area contributed by atoms with Gasteiger partial charge in [-0.05, 0) is 65.6 Å². The van der Waals surface area contributed by atoms with Crippen LogP contribution in [0.1, 0.15) is 35.2 Å². The van der Waals surface area contributed by atoms with Gasteiger partial charge in [-0.3, -0.25) is 19.3 Å². The molecule has 1 aliphatic rings. The van der Waals surface area contributed by atoms with Crippen molar-refractivity contribution in [2.45, 2.75) is 26.8 Å². The zero-order chi connectivity index (χ0) is 26.3. The lowest BCUT2D eigenvalue weighted by Gasteiger charge is -2.26. The highest BCUT2D eigenvalue weighted by Gasteiger charge is 2.47. The van der Waals surface area contributed by atoms with Gasteiger partial charge in [0.25, 0.3) is 11.7 Å². The van der Waals surface area contributed by atoms with Gasteiger partial charge < -0.3 is 9.84 Å². The van der Waals surface area contributed by atoms with Crippen LogP contribution in [-0.2, 0) is 14.4 Å². The van der Waals surface area contributed by atoms with Gasteiger partial charge in [0.1, 0.15) is 11.5 Å². The molecule has 4 aromatic carbocycles. The third-order valence-corrected chi connectivity index (χ3v) is 6.72. The van der Waals surface area contributed by atoms with Gasteiger partial charge in [0.2, 0.25) is 0 Å². The van der Waals surface area contributed by atoms with Gasteiger partial charge in [0.05, 0.1) is 11.6 Å². The van der Waals surface area contributed by atoms with Gasteiger partial charge >= 0.3 is 5.97 Å². The minimum Gasteiger partial charge on any atom is -0.507 e. The quantitative estimate of drug-likeness (QED) is 0.124. The standard InChI is InChI=1S/C31H25NO5/c1-18-11-14-23(17-19(18)2)32-28(22-12-15-24(16-13-22)37-20(3)33)27(30(35)31(32)36)29(34)26-10-6-8-21-7-4-5-9-25(21)26/h4-17,28,34H,1-3H3/b29-27-. The molecule has 0 aromatic heterocycles. The number of benzene rings is 4. The molecule has 4 aromatic rings. The number of carbonyl (C=O) groups is 3. The van der Waals surface area contributed by atoms with E-state index in [0.717, 1.165) is 21.9 Å². The first-order valence-corrected chi connectivity index (χ1v) is 11.9. The summed E-state index contributed by atoms with van der Waals surface area (Å²) in [7, 11) is 0. The molecule has 0 radical (unpaired) electrons. The molecule has 6 heteroatoms. The number of fused-ring (bicyclic) bond motifs is 1. The summed E-state index contributed by atoms with van der Waals surface area (Å²) in [5, 5.41) is 13.3. The van der Waals surface area contributed by atoms with Crippen molar-refractivity contribution < 1.29 is 24.2 Å². The highest BCUT2D eigenvalue weighted by molar-refractivity contribution is 6.51. The van der Waals surface area contributed by atoms with E-state index in [4.69, 9.17) is 4.74 Å². The number of ether oxygens (including phenoxy) is 1. The lowest BCUT2D eigenvalue weighted by Crippen LogP contribution is -2.29. The summed E-state index contributed by atoms with van der Waals surface area (Å²) in [5.41, 5.74) is 3.64. The molecular weight excluding hydrogens is 466 g/mol. The molecule has 1 amide bonds. The van der Waals surface area contributed by atoms with Crippen LogP contribution < -0.4 is 9.64 Å². The van der Waals surface area contributed by atoms with Crippen molar-refractivity contribution in [3.05, 3.63) is 113 Å². The number of Topliss-reactive ketones (excluding diaryl/α,β-unsaturated/α-hetero) is 1. The largest absolute Gasteiger partial charge is 0.507 e. The Kier molecular flexibility index (Phi) is 6.09. The summed E-state index contributed by atoms with van der Waals surface area (Å²) in [6, 6.07) is 24.3. The minimum absolute atomic E-state index is 0.000169. The van der Waals surface area contributed by atoms with Crippen LogP contribution in [0.15, 0.2) is 90.5 Å². The fourth-order valence-electron chi connectivity index (χ4n) is 4.75. The number of anilines is 1. The molecule has 1 N–H and O–H groups in total. The van der Waals surface area contributed by atoms with E-state index in [-0.39, 0.29) is 11.3 Å². The van der Waals surface area contributed by atoms with Crippen LogP contribution >= 0.6 is 0 Å². The van der Waals surface area contributed by atoms with Crippen LogP contribution in [0, 0.1) is 13.8 Å². The summed E-state index contributed by atoms with van der Waals surface area (Å²) < 4.78 is 5.16. The van der Waals surface area contributed by atoms with E-state index in [1.165, 1.54) is 11.8 Å². The summed E-state index contributed by atoms with van der Waals surface area (Å²) in [4.78, 5) is 39.8. The fourth-order valence-corrected chi connectivity index (χ4v) is 4.75. The van der Waals surface area contributed by atoms with Crippen molar-refractivity contribution in [3.63, 3.8) is 0 Å². The topological polar surface area (TPSA) is 83.9 Å². The molecule has 1 unspecified atom stereocenters. The maximum absolute atomic E-state index is 13.5. The molecule has 1 fully saturated rings. The van der Waals surface area contributed by atoms with E-state index in [9.17, 15) is 19.5 Å². The second kappa shape index (κ2) is 9.39. The Labute approximate surface area is 214 Å². The predicted molar refractivity (Wildman–Crippen MR) is 142 cm³/mol. The lowest BCUT2D eigenvalue weighted by atomic mass is 9.93. The van der Waals surface area contributed by atoms with Gasteiger partial charge in [-0.1, -0.05) is 60.7 Å². The zero-order valence-electron chi connectivity index (χ0n) is 20.7. The smallest absolute Gasteiger partial charge is 0.308 e. The van der Waals surface area contributed by atoms with Gasteiger partial charge in [-0.2, -0.15) is 0 Å². The van der Waals surface area contributed by atoms with Crippen molar-refractivity contribution in [3.8, 4) is 5.75 Å². The number of aryl methyl sites for hydroxylation is 2.